The summed E-state index contributed by atoms with van der Waals surface area (Å²) in [5, 5.41) is 0.610. The highest BCUT2D eigenvalue weighted by Gasteiger charge is 2.34. The van der Waals surface area contributed by atoms with E-state index in [0.29, 0.717) is 35.9 Å². The van der Waals surface area contributed by atoms with Crippen molar-refractivity contribution < 1.29 is 9.47 Å². The minimum atomic E-state index is 0.181. The van der Waals surface area contributed by atoms with Crippen molar-refractivity contribution in [3.8, 4) is 11.5 Å². The zero-order valence-corrected chi connectivity index (χ0v) is 13.4. The van der Waals surface area contributed by atoms with Crippen LogP contribution in [0.1, 0.15) is 31.9 Å². The number of nitrogens with two attached hydrogens (primary N) is 1. The lowest BCUT2D eigenvalue weighted by Gasteiger charge is -2.30. The Morgan fingerprint density at radius 3 is 2.76 bits per heavy atom. The maximum atomic E-state index is 6.35. The van der Waals surface area contributed by atoms with Gasteiger partial charge >= 0.3 is 0 Å². The van der Waals surface area contributed by atoms with Crippen LogP contribution in [0.3, 0.4) is 0 Å². The Balaban J connectivity index is 1.89. The molecule has 21 heavy (non-hydrogen) atoms. The van der Waals surface area contributed by atoms with Crippen molar-refractivity contribution in [3.63, 3.8) is 0 Å². The summed E-state index contributed by atoms with van der Waals surface area (Å²) in [4.78, 5) is 2.45. The summed E-state index contributed by atoms with van der Waals surface area (Å²) in [6.45, 7) is 8.42. The Hall–Kier alpha value is -0.970. The van der Waals surface area contributed by atoms with Crippen LogP contribution in [-0.2, 0) is 0 Å². The van der Waals surface area contributed by atoms with Gasteiger partial charge in [0.15, 0.2) is 11.5 Å². The molecule has 2 aliphatic heterocycles. The third kappa shape index (κ3) is 2.98. The van der Waals surface area contributed by atoms with E-state index in [9.17, 15) is 0 Å². The number of fused-ring (bicyclic) bond motifs is 1. The van der Waals surface area contributed by atoms with Crippen molar-refractivity contribution in [3.05, 3.63) is 22.7 Å². The quantitative estimate of drug-likeness (QED) is 0.932. The first kappa shape index (κ1) is 14.9. The summed E-state index contributed by atoms with van der Waals surface area (Å²) in [5.41, 5.74) is 7.51. The molecular formula is C16H23ClN2O2. The van der Waals surface area contributed by atoms with Crippen LogP contribution in [0.5, 0.6) is 11.5 Å². The molecule has 5 heteroatoms. The van der Waals surface area contributed by atoms with E-state index in [1.165, 1.54) is 6.42 Å². The van der Waals surface area contributed by atoms with Gasteiger partial charge in [-0.25, -0.2) is 0 Å². The van der Waals surface area contributed by atoms with Gasteiger partial charge < -0.3 is 15.2 Å². The fraction of sp³-hybridized carbons (Fsp3) is 0.625. The summed E-state index contributed by atoms with van der Waals surface area (Å²) in [6, 6.07) is 4.18. The number of hydrogen-bond donors (Lipinski definition) is 1. The van der Waals surface area contributed by atoms with Crippen LogP contribution in [0.2, 0.25) is 5.02 Å². The molecule has 0 aromatic heterocycles. The molecule has 2 aliphatic rings. The SMILES string of the molecule is CC1(C)CCN(C(CN)c2cc(Cl)c3c(c2)OCCO3)C1. The summed E-state index contributed by atoms with van der Waals surface area (Å²) >= 11 is 6.35. The molecule has 0 saturated carbocycles. The van der Waals surface area contributed by atoms with Gasteiger partial charge in [0.2, 0.25) is 0 Å². The molecule has 1 aromatic carbocycles. The average molecular weight is 311 g/mol. The summed E-state index contributed by atoms with van der Waals surface area (Å²) in [5.74, 6) is 1.39. The number of hydrogen-bond acceptors (Lipinski definition) is 4. The van der Waals surface area contributed by atoms with E-state index in [1.54, 1.807) is 0 Å². The lowest BCUT2D eigenvalue weighted by molar-refractivity contribution is 0.170. The van der Waals surface area contributed by atoms with E-state index in [4.69, 9.17) is 26.8 Å². The first-order valence-electron chi connectivity index (χ1n) is 7.53. The molecule has 116 valence electrons. The number of ether oxygens (including phenoxy) is 2. The first-order valence-corrected chi connectivity index (χ1v) is 7.91. The monoisotopic (exact) mass is 310 g/mol. The maximum absolute atomic E-state index is 6.35. The lowest BCUT2D eigenvalue weighted by atomic mass is 9.93. The van der Waals surface area contributed by atoms with E-state index in [1.807, 2.05) is 12.1 Å². The van der Waals surface area contributed by atoms with Crippen LogP contribution >= 0.6 is 11.6 Å². The van der Waals surface area contributed by atoms with Gasteiger partial charge in [-0.1, -0.05) is 25.4 Å². The highest BCUT2D eigenvalue weighted by Crippen LogP contribution is 2.42. The summed E-state index contributed by atoms with van der Waals surface area (Å²) < 4.78 is 11.3. The molecule has 0 aliphatic carbocycles. The van der Waals surface area contributed by atoms with Gasteiger partial charge in [-0.05, 0) is 36.1 Å². The third-order valence-electron chi connectivity index (χ3n) is 4.37. The number of likely N-dealkylation sites (tertiary alicyclic amines) is 1. The molecule has 0 radical (unpaired) electrons. The van der Waals surface area contributed by atoms with Gasteiger partial charge in [-0.2, -0.15) is 0 Å². The van der Waals surface area contributed by atoms with Gasteiger partial charge in [-0.15, -0.1) is 0 Å². The molecule has 4 nitrogen and oxygen atoms in total. The van der Waals surface area contributed by atoms with Crippen LogP contribution in [0.4, 0.5) is 0 Å². The molecule has 2 N–H and O–H groups in total. The smallest absolute Gasteiger partial charge is 0.179 e. The molecule has 2 heterocycles. The second-order valence-corrected chi connectivity index (χ2v) is 7.07. The molecule has 1 aromatic rings. The number of halogens is 1. The summed E-state index contributed by atoms with van der Waals surface area (Å²) in [7, 11) is 0. The van der Waals surface area contributed by atoms with Crippen molar-refractivity contribution in [2.24, 2.45) is 11.1 Å². The zero-order chi connectivity index (χ0) is 15.0. The summed E-state index contributed by atoms with van der Waals surface area (Å²) in [6.07, 6.45) is 1.20. The fourth-order valence-electron chi connectivity index (χ4n) is 3.24. The van der Waals surface area contributed by atoms with E-state index in [-0.39, 0.29) is 6.04 Å². The topological polar surface area (TPSA) is 47.7 Å². The maximum Gasteiger partial charge on any atom is 0.179 e. The van der Waals surface area contributed by atoms with Crippen molar-refractivity contribution in [1.82, 2.24) is 4.90 Å². The van der Waals surface area contributed by atoms with Gasteiger partial charge in [0, 0.05) is 19.1 Å². The van der Waals surface area contributed by atoms with Crippen LogP contribution in [0.25, 0.3) is 0 Å². The predicted molar refractivity (Wildman–Crippen MR) is 84.2 cm³/mol. The Labute approximate surface area is 131 Å². The molecule has 0 bridgehead atoms. The lowest BCUT2D eigenvalue weighted by Crippen LogP contribution is -2.33. The highest BCUT2D eigenvalue weighted by molar-refractivity contribution is 6.32. The van der Waals surface area contributed by atoms with Crippen LogP contribution < -0.4 is 15.2 Å². The Morgan fingerprint density at radius 1 is 1.33 bits per heavy atom. The molecule has 1 fully saturated rings. The molecule has 1 saturated heterocycles. The number of benzene rings is 1. The van der Waals surface area contributed by atoms with Crippen molar-refractivity contribution in [2.75, 3.05) is 32.8 Å². The normalized spacial score (nSPS) is 22.3. The zero-order valence-electron chi connectivity index (χ0n) is 12.7. The first-order chi connectivity index (χ1) is 10.00. The number of nitrogens with zero attached hydrogens (tertiary/aromatic N) is 1. The predicted octanol–water partition coefficient (Wildman–Crippen LogP) is 2.84. The van der Waals surface area contributed by atoms with E-state index < -0.39 is 0 Å². The van der Waals surface area contributed by atoms with Crippen LogP contribution in [0.15, 0.2) is 12.1 Å². The Kier molecular flexibility index (Phi) is 4.04. The van der Waals surface area contributed by atoms with Gasteiger partial charge in [0.1, 0.15) is 13.2 Å². The Morgan fingerprint density at radius 2 is 2.10 bits per heavy atom. The molecular weight excluding hydrogens is 288 g/mol. The van der Waals surface area contributed by atoms with Gasteiger partial charge in [-0.3, -0.25) is 4.90 Å². The number of rotatable bonds is 3. The highest BCUT2D eigenvalue weighted by atomic mass is 35.5. The molecule has 1 atom stereocenters. The third-order valence-corrected chi connectivity index (χ3v) is 4.66. The fourth-order valence-corrected chi connectivity index (χ4v) is 3.51. The van der Waals surface area contributed by atoms with Crippen LogP contribution in [-0.4, -0.2) is 37.7 Å². The van der Waals surface area contributed by atoms with E-state index in [0.717, 1.165) is 24.4 Å². The molecule has 3 rings (SSSR count). The molecule has 0 amide bonds. The average Bonchev–Trinajstić information content (AvgIpc) is 2.80. The van der Waals surface area contributed by atoms with Crippen molar-refractivity contribution in [2.45, 2.75) is 26.3 Å². The minimum absolute atomic E-state index is 0.181. The van der Waals surface area contributed by atoms with E-state index in [2.05, 4.69) is 18.7 Å². The van der Waals surface area contributed by atoms with Crippen molar-refractivity contribution >= 4 is 11.6 Å². The largest absolute Gasteiger partial charge is 0.486 e. The van der Waals surface area contributed by atoms with Gasteiger partial charge in [0.05, 0.1) is 5.02 Å². The molecule has 1 unspecified atom stereocenters. The minimum Gasteiger partial charge on any atom is -0.486 e. The van der Waals surface area contributed by atoms with Crippen LogP contribution in [0, 0.1) is 5.41 Å². The van der Waals surface area contributed by atoms with E-state index >= 15 is 0 Å². The second kappa shape index (κ2) is 5.67. The van der Waals surface area contributed by atoms with Gasteiger partial charge in [0.25, 0.3) is 0 Å². The van der Waals surface area contributed by atoms with Crippen molar-refractivity contribution in [1.29, 1.82) is 0 Å². The molecule has 0 spiro atoms. The second-order valence-electron chi connectivity index (χ2n) is 6.66. The standard InChI is InChI=1S/C16H23ClN2O2/c1-16(2)3-4-19(10-16)13(9-18)11-7-12(17)15-14(8-11)20-5-6-21-15/h7-8,13H,3-6,9-10,18H2,1-2H3. The Bertz CT molecular complexity index is 533.